The van der Waals surface area contributed by atoms with Gasteiger partial charge in [-0.15, -0.1) is 0 Å². The molecule has 2 atom stereocenters. The van der Waals surface area contributed by atoms with Gasteiger partial charge in [0.15, 0.2) is 0 Å². The second kappa shape index (κ2) is 6.99. The highest BCUT2D eigenvalue weighted by atomic mass is 35.5. The highest BCUT2D eigenvalue weighted by Crippen LogP contribution is 2.25. The number of hydrogen-bond donors (Lipinski definition) is 1. The van der Waals surface area contributed by atoms with Crippen LogP contribution in [0.15, 0.2) is 24.3 Å². The van der Waals surface area contributed by atoms with Gasteiger partial charge in [0.25, 0.3) is 0 Å². The van der Waals surface area contributed by atoms with Crippen molar-refractivity contribution in [1.82, 2.24) is 9.80 Å². The Morgan fingerprint density at radius 1 is 1.23 bits per heavy atom. The van der Waals surface area contributed by atoms with Crippen molar-refractivity contribution in [2.75, 3.05) is 26.2 Å². The van der Waals surface area contributed by atoms with Crippen LogP contribution in [-0.2, 0) is 11.2 Å². The molecule has 3 rings (SSSR count). The first kappa shape index (κ1) is 15.8. The van der Waals surface area contributed by atoms with Crippen LogP contribution in [0.4, 0.5) is 0 Å². The van der Waals surface area contributed by atoms with E-state index < -0.39 is 0 Å². The lowest BCUT2D eigenvalue weighted by Crippen LogP contribution is -2.53. The van der Waals surface area contributed by atoms with Crippen molar-refractivity contribution in [3.8, 4) is 0 Å². The fraction of sp³-hybridized carbons (Fsp3) is 0.588. The molecule has 1 aliphatic carbocycles. The van der Waals surface area contributed by atoms with E-state index in [2.05, 4.69) is 4.90 Å². The van der Waals surface area contributed by atoms with Crippen LogP contribution in [0.2, 0.25) is 5.02 Å². The van der Waals surface area contributed by atoms with Crippen LogP contribution in [0.5, 0.6) is 0 Å². The third-order valence-electron chi connectivity index (χ3n) is 4.82. The number of nitrogens with zero attached hydrogens (tertiary/aromatic N) is 2. The standard InChI is InChI=1S/C17H23ClN2O2/c18-14-4-1-3-13(11-14)12-17(22)20-9-7-19(8-10-20)15-5-2-6-16(15)21/h1,3-4,11,15-16,21H,2,5-10,12H2/t15-,16+/m1/s1. The molecule has 0 radical (unpaired) electrons. The Hall–Kier alpha value is -1.10. The fourth-order valence-electron chi connectivity index (χ4n) is 3.58. The summed E-state index contributed by atoms with van der Waals surface area (Å²) < 4.78 is 0. The summed E-state index contributed by atoms with van der Waals surface area (Å²) in [4.78, 5) is 16.7. The fourth-order valence-corrected chi connectivity index (χ4v) is 3.80. The predicted octanol–water partition coefficient (Wildman–Crippen LogP) is 1.94. The van der Waals surface area contributed by atoms with Crippen LogP contribution in [0.3, 0.4) is 0 Å². The van der Waals surface area contributed by atoms with Gasteiger partial charge in [-0.05, 0) is 37.0 Å². The maximum absolute atomic E-state index is 12.4. The molecule has 1 amide bonds. The van der Waals surface area contributed by atoms with E-state index in [0.29, 0.717) is 17.5 Å². The largest absolute Gasteiger partial charge is 0.391 e. The first-order chi connectivity index (χ1) is 10.6. The number of hydrogen-bond acceptors (Lipinski definition) is 3. The molecule has 1 aromatic carbocycles. The van der Waals surface area contributed by atoms with Gasteiger partial charge in [-0.3, -0.25) is 9.69 Å². The minimum atomic E-state index is -0.186. The minimum Gasteiger partial charge on any atom is -0.391 e. The van der Waals surface area contributed by atoms with Crippen LogP contribution in [0, 0.1) is 0 Å². The number of carbonyl (C=O) groups is 1. The second-order valence-corrected chi connectivity index (χ2v) is 6.73. The lowest BCUT2D eigenvalue weighted by Gasteiger charge is -2.39. The van der Waals surface area contributed by atoms with Crippen LogP contribution in [0.25, 0.3) is 0 Å². The number of aliphatic hydroxyl groups is 1. The summed E-state index contributed by atoms with van der Waals surface area (Å²) in [5.41, 5.74) is 0.964. The van der Waals surface area contributed by atoms with Gasteiger partial charge in [-0.1, -0.05) is 23.7 Å². The van der Waals surface area contributed by atoms with Gasteiger partial charge in [0.05, 0.1) is 12.5 Å². The maximum Gasteiger partial charge on any atom is 0.227 e. The molecule has 5 heteroatoms. The summed E-state index contributed by atoms with van der Waals surface area (Å²) >= 11 is 5.96. The van der Waals surface area contributed by atoms with Crippen molar-refractivity contribution in [3.05, 3.63) is 34.9 Å². The zero-order chi connectivity index (χ0) is 15.5. The van der Waals surface area contributed by atoms with Crippen molar-refractivity contribution in [2.24, 2.45) is 0 Å². The molecule has 4 nitrogen and oxygen atoms in total. The number of amides is 1. The zero-order valence-electron chi connectivity index (χ0n) is 12.7. The monoisotopic (exact) mass is 322 g/mol. The normalized spacial score (nSPS) is 26.4. The molecule has 1 aliphatic heterocycles. The summed E-state index contributed by atoms with van der Waals surface area (Å²) in [7, 11) is 0. The topological polar surface area (TPSA) is 43.8 Å². The first-order valence-corrected chi connectivity index (χ1v) is 8.45. The average Bonchev–Trinajstić information content (AvgIpc) is 2.93. The highest BCUT2D eigenvalue weighted by Gasteiger charge is 2.33. The third kappa shape index (κ3) is 3.62. The van der Waals surface area contributed by atoms with Crippen molar-refractivity contribution in [1.29, 1.82) is 0 Å². The summed E-state index contributed by atoms with van der Waals surface area (Å²) in [5.74, 6) is 0.161. The number of benzene rings is 1. The van der Waals surface area contributed by atoms with Gasteiger partial charge in [0.1, 0.15) is 0 Å². The van der Waals surface area contributed by atoms with Crippen LogP contribution < -0.4 is 0 Å². The first-order valence-electron chi connectivity index (χ1n) is 8.08. The Kier molecular flexibility index (Phi) is 5.01. The van der Waals surface area contributed by atoms with E-state index >= 15 is 0 Å². The van der Waals surface area contributed by atoms with Gasteiger partial charge < -0.3 is 10.0 Å². The SMILES string of the molecule is O=C(Cc1cccc(Cl)c1)N1CCN([C@@H]2CCC[C@@H]2O)CC1. The van der Waals surface area contributed by atoms with Gasteiger partial charge in [0.2, 0.25) is 5.91 Å². The Balaban J connectivity index is 1.51. The van der Waals surface area contributed by atoms with Crippen molar-refractivity contribution < 1.29 is 9.90 Å². The molecule has 2 fully saturated rings. The maximum atomic E-state index is 12.4. The zero-order valence-corrected chi connectivity index (χ0v) is 13.5. The Morgan fingerprint density at radius 2 is 2.00 bits per heavy atom. The molecule has 0 unspecified atom stereocenters. The molecule has 2 aliphatic rings. The number of piperazine rings is 1. The summed E-state index contributed by atoms with van der Waals surface area (Å²) in [6.45, 7) is 3.23. The molecule has 22 heavy (non-hydrogen) atoms. The Bertz CT molecular complexity index is 529. The molecule has 1 aromatic rings. The average molecular weight is 323 g/mol. The van der Waals surface area contributed by atoms with Gasteiger partial charge >= 0.3 is 0 Å². The Morgan fingerprint density at radius 3 is 2.64 bits per heavy atom. The van der Waals surface area contributed by atoms with E-state index in [9.17, 15) is 9.90 Å². The molecule has 120 valence electrons. The van der Waals surface area contributed by atoms with E-state index in [0.717, 1.165) is 51.0 Å². The van der Waals surface area contributed by atoms with Gasteiger partial charge in [-0.2, -0.15) is 0 Å². The number of aliphatic hydroxyl groups excluding tert-OH is 1. The number of carbonyl (C=O) groups excluding carboxylic acids is 1. The minimum absolute atomic E-state index is 0.161. The van der Waals surface area contributed by atoms with E-state index in [1.807, 2.05) is 29.2 Å². The van der Waals surface area contributed by atoms with Crippen LogP contribution in [0.1, 0.15) is 24.8 Å². The van der Waals surface area contributed by atoms with Crippen LogP contribution >= 0.6 is 11.6 Å². The smallest absolute Gasteiger partial charge is 0.227 e. The molecular formula is C17H23ClN2O2. The molecule has 0 bridgehead atoms. The van der Waals surface area contributed by atoms with Crippen LogP contribution in [-0.4, -0.2) is 59.1 Å². The Labute approximate surface area is 136 Å². The molecule has 1 heterocycles. The lowest BCUT2D eigenvalue weighted by atomic mass is 10.1. The van der Waals surface area contributed by atoms with Gasteiger partial charge in [-0.25, -0.2) is 0 Å². The summed E-state index contributed by atoms with van der Waals surface area (Å²) in [6.07, 6.45) is 3.33. The molecule has 0 spiro atoms. The van der Waals surface area contributed by atoms with E-state index in [-0.39, 0.29) is 12.0 Å². The quantitative estimate of drug-likeness (QED) is 0.925. The highest BCUT2D eigenvalue weighted by molar-refractivity contribution is 6.30. The van der Waals surface area contributed by atoms with E-state index in [4.69, 9.17) is 11.6 Å². The molecular weight excluding hydrogens is 300 g/mol. The number of rotatable bonds is 3. The predicted molar refractivity (Wildman–Crippen MR) is 87.0 cm³/mol. The summed E-state index contributed by atoms with van der Waals surface area (Å²) in [5, 5.41) is 10.7. The van der Waals surface area contributed by atoms with Gasteiger partial charge in [0, 0.05) is 37.2 Å². The van der Waals surface area contributed by atoms with E-state index in [1.54, 1.807) is 0 Å². The lowest BCUT2D eigenvalue weighted by molar-refractivity contribution is -0.132. The number of halogens is 1. The molecule has 0 aromatic heterocycles. The molecule has 1 saturated heterocycles. The van der Waals surface area contributed by atoms with E-state index in [1.165, 1.54) is 0 Å². The van der Waals surface area contributed by atoms with Crippen molar-refractivity contribution >= 4 is 17.5 Å². The van der Waals surface area contributed by atoms with Crippen molar-refractivity contribution in [3.63, 3.8) is 0 Å². The third-order valence-corrected chi connectivity index (χ3v) is 5.06. The summed E-state index contributed by atoms with van der Waals surface area (Å²) in [6, 6.07) is 7.79. The molecule has 1 saturated carbocycles. The van der Waals surface area contributed by atoms with Crippen molar-refractivity contribution in [2.45, 2.75) is 37.8 Å². The second-order valence-electron chi connectivity index (χ2n) is 6.29. The molecule has 1 N–H and O–H groups in total.